The highest BCUT2D eigenvalue weighted by Crippen LogP contribution is 2.56. The summed E-state index contributed by atoms with van der Waals surface area (Å²) in [5, 5.41) is -5.57. The standard InChI is InChI=1S/C13H16F4O7S/c14-12(13(15,16)17,25(19,20)21)10(18)24-9-7-2-3-8(6-7)11(9)22-4-1-5-23-11/h7-9H,1-6H2,(H,19,20,21). The smallest absolute Gasteiger partial charge is 0.451 e. The van der Waals surface area contributed by atoms with Crippen LogP contribution in [0.1, 0.15) is 25.7 Å². The summed E-state index contributed by atoms with van der Waals surface area (Å²) in [6.07, 6.45) is -5.49. The van der Waals surface area contributed by atoms with Crippen molar-refractivity contribution >= 4 is 16.1 Å². The highest BCUT2D eigenvalue weighted by molar-refractivity contribution is 7.88. The van der Waals surface area contributed by atoms with Gasteiger partial charge in [0.15, 0.2) is 6.10 Å². The van der Waals surface area contributed by atoms with Gasteiger partial charge in [-0.1, -0.05) is 0 Å². The number of rotatable bonds is 3. The van der Waals surface area contributed by atoms with E-state index in [2.05, 4.69) is 4.74 Å². The number of hydrogen-bond acceptors (Lipinski definition) is 6. The molecule has 1 N–H and O–H groups in total. The first-order valence-corrected chi connectivity index (χ1v) is 9.09. The van der Waals surface area contributed by atoms with Gasteiger partial charge in [-0.05, 0) is 25.7 Å². The largest absolute Gasteiger partial charge is 0.453 e. The minimum absolute atomic E-state index is 0.218. The average molecular weight is 392 g/mol. The quantitative estimate of drug-likeness (QED) is 0.442. The Morgan fingerprint density at radius 2 is 1.76 bits per heavy atom. The lowest BCUT2D eigenvalue weighted by atomic mass is 9.90. The van der Waals surface area contributed by atoms with Crippen LogP contribution in [0.3, 0.4) is 0 Å². The second kappa shape index (κ2) is 5.76. The van der Waals surface area contributed by atoms with Gasteiger partial charge in [-0.15, -0.1) is 0 Å². The Kier molecular flexibility index (Phi) is 4.33. The zero-order chi connectivity index (χ0) is 18.7. The summed E-state index contributed by atoms with van der Waals surface area (Å²) < 4.78 is 99.0. The van der Waals surface area contributed by atoms with E-state index < -0.39 is 45.1 Å². The third-order valence-electron chi connectivity index (χ3n) is 5.03. The second-order valence-electron chi connectivity index (χ2n) is 6.44. The van der Waals surface area contributed by atoms with Crippen molar-refractivity contribution in [3.05, 3.63) is 0 Å². The molecule has 3 rings (SSSR count). The predicted octanol–water partition coefficient (Wildman–Crippen LogP) is 1.58. The second-order valence-corrected chi connectivity index (χ2v) is 7.95. The molecule has 25 heavy (non-hydrogen) atoms. The third-order valence-corrected chi connectivity index (χ3v) is 6.14. The molecule has 4 unspecified atom stereocenters. The van der Waals surface area contributed by atoms with E-state index in [1.807, 2.05) is 0 Å². The monoisotopic (exact) mass is 392 g/mol. The van der Waals surface area contributed by atoms with Gasteiger partial charge in [-0.25, -0.2) is 9.18 Å². The van der Waals surface area contributed by atoms with Crippen molar-refractivity contribution in [2.24, 2.45) is 11.8 Å². The molecule has 3 fully saturated rings. The number of esters is 1. The minimum Gasteiger partial charge on any atom is -0.453 e. The number of carbonyl (C=O) groups is 1. The van der Waals surface area contributed by atoms with Crippen LogP contribution in [0.25, 0.3) is 0 Å². The fourth-order valence-electron chi connectivity index (χ4n) is 3.92. The molecule has 0 radical (unpaired) electrons. The van der Waals surface area contributed by atoms with Crippen molar-refractivity contribution < 1.29 is 49.5 Å². The number of carbonyl (C=O) groups excluding carboxylic acids is 1. The van der Waals surface area contributed by atoms with E-state index in [4.69, 9.17) is 14.0 Å². The van der Waals surface area contributed by atoms with Crippen molar-refractivity contribution in [2.75, 3.05) is 13.2 Å². The Labute approximate surface area is 140 Å². The predicted molar refractivity (Wildman–Crippen MR) is 71.4 cm³/mol. The molecule has 144 valence electrons. The van der Waals surface area contributed by atoms with Crippen LogP contribution in [-0.2, 0) is 29.1 Å². The van der Waals surface area contributed by atoms with Crippen molar-refractivity contribution in [1.29, 1.82) is 0 Å². The first-order valence-electron chi connectivity index (χ1n) is 7.65. The molecule has 0 aromatic heterocycles. The lowest BCUT2D eigenvalue weighted by Crippen LogP contribution is -2.60. The van der Waals surface area contributed by atoms with Gasteiger partial charge in [0.1, 0.15) is 0 Å². The van der Waals surface area contributed by atoms with Gasteiger partial charge in [0, 0.05) is 11.8 Å². The Morgan fingerprint density at radius 1 is 1.16 bits per heavy atom. The first kappa shape index (κ1) is 18.8. The highest BCUT2D eigenvalue weighted by atomic mass is 32.2. The maximum atomic E-state index is 14.1. The maximum Gasteiger partial charge on any atom is 0.451 e. The summed E-state index contributed by atoms with van der Waals surface area (Å²) in [4.78, 5) is 11.8. The van der Waals surface area contributed by atoms with Crippen molar-refractivity contribution in [3.63, 3.8) is 0 Å². The van der Waals surface area contributed by atoms with Gasteiger partial charge in [-0.2, -0.15) is 21.6 Å². The topological polar surface area (TPSA) is 99.1 Å². The van der Waals surface area contributed by atoms with Gasteiger partial charge >= 0.3 is 27.3 Å². The lowest BCUT2D eigenvalue weighted by Gasteiger charge is -2.45. The summed E-state index contributed by atoms with van der Waals surface area (Å²) in [6, 6.07) is 0. The number of alkyl halides is 4. The molecule has 2 bridgehead atoms. The molecular formula is C13H16F4O7S. The highest BCUT2D eigenvalue weighted by Gasteiger charge is 2.74. The van der Waals surface area contributed by atoms with Crippen LogP contribution in [-0.4, -0.2) is 55.2 Å². The molecule has 2 aliphatic carbocycles. The van der Waals surface area contributed by atoms with E-state index in [1.54, 1.807) is 0 Å². The van der Waals surface area contributed by atoms with Gasteiger partial charge in [0.25, 0.3) is 0 Å². The summed E-state index contributed by atoms with van der Waals surface area (Å²) in [5.41, 5.74) is 0. The molecule has 2 saturated carbocycles. The molecule has 1 aliphatic heterocycles. The fourth-order valence-corrected chi connectivity index (χ4v) is 4.47. The van der Waals surface area contributed by atoms with E-state index in [0.717, 1.165) is 0 Å². The molecule has 0 amide bonds. The molecule has 7 nitrogen and oxygen atoms in total. The zero-order valence-electron chi connectivity index (χ0n) is 12.8. The van der Waals surface area contributed by atoms with Crippen LogP contribution in [0.15, 0.2) is 0 Å². The number of halogens is 4. The molecule has 1 heterocycles. The van der Waals surface area contributed by atoms with Gasteiger partial charge < -0.3 is 14.2 Å². The molecule has 0 aromatic rings. The van der Waals surface area contributed by atoms with Gasteiger partial charge in [-0.3, -0.25) is 4.55 Å². The van der Waals surface area contributed by atoms with E-state index in [1.165, 1.54) is 0 Å². The van der Waals surface area contributed by atoms with Crippen LogP contribution in [0.5, 0.6) is 0 Å². The molecule has 4 atom stereocenters. The van der Waals surface area contributed by atoms with Crippen molar-refractivity contribution in [2.45, 2.75) is 48.8 Å². The van der Waals surface area contributed by atoms with Gasteiger partial charge in [0.05, 0.1) is 13.2 Å². The molecule has 1 saturated heterocycles. The lowest BCUT2D eigenvalue weighted by molar-refractivity contribution is -0.330. The van der Waals surface area contributed by atoms with Crippen LogP contribution in [0.2, 0.25) is 0 Å². The van der Waals surface area contributed by atoms with E-state index in [0.29, 0.717) is 25.7 Å². The van der Waals surface area contributed by atoms with E-state index in [-0.39, 0.29) is 19.1 Å². The number of fused-ring (bicyclic) bond motifs is 3. The van der Waals surface area contributed by atoms with E-state index >= 15 is 0 Å². The van der Waals surface area contributed by atoms with Gasteiger partial charge in [0.2, 0.25) is 5.79 Å². The SMILES string of the molecule is O=C(OC1C2CCC(C2)C12OCCCO2)C(F)(C(F)(F)F)S(=O)(=O)O. The maximum absolute atomic E-state index is 14.1. The van der Waals surface area contributed by atoms with Crippen LogP contribution in [0, 0.1) is 11.8 Å². The zero-order valence-corrected chi connectivity index (χ0v) is 13.6. The fraction of sp³-hybridized carbons (Fsp3) is 0.923. The molecule has 3 aliphatic rings. The van der Waals surface area contributed by atoms with Crippen molar-refractivity contribution in [1.82, 2.24) is 0 Å². The Morgan fingerprint density at radius 3 is 2.28 bits per heavy atom. The molecule has 12 heteroatoms. The Hall–Kier alpha value is -0.980. The number of hydrogen-bond donors (Lipinski definition) is 1. The van der Waals surface area contributed by atoms with Crippen LogP contribution >= 0.6 is 0 Å². The molecule has 0 aromatic carbocycles. The molecule has 1 spiro atoms. The Bertz CT molecular complexity index is 658. The summed E-state index contributed by atoms with van der Waals surface area (Å²) in [7, 11) is -6.47. The summed E-state index contributed by atoms with van der Waals surface area (Å²) in [6.45, 7) is 0.436. The van der Waals surface area contributed by atoms with Crippen LogP contribution < -0.4 is 0 Å². The number of ether oxygens (including phenoxy) is 3. The van der Waals surface area contributed by atoms with Crippen molar-refractivity contribution in [3.8, 4) is 0 Å². The summed E-state index contributed by atoms with van der Waals surface area (Å²) >= 11 is 0. The summed E-state index contributed by atoms with van der Waals surface area (Å²) in [5.74, 6) is -4.92. The third kappa shape index (κ3) is 2.64. The average Bonchev–Trinajstić information content (AvgIpc) is 3.07. The minimum atomic E-state index is -6.47. The normalized spacial score (nSPS) is 34.0. The first-order chi connectivity index (χ1) is 11.4. The van der Waals surface area contributed by atoms with Crippen LogP contribution in [0.4, 0.5) is 17.6 Å². The van der Waals surface area contributed by atoms with E-state index in [9.17, 15) is 30.8 Å². The molecular weight excluding hydrogens is 376 g/mol. The Balaban J connectivity index is 1.91.